The molecule has 1 nitrogen and oxygen atoms in total. The van der Waals surface area contributed by atoms with Crippen LogP contribution in [0.4, 0.5) is 0 Å². The molecule has 0 amide bonds. The van der Waals surface area contributed by atoms with Crippen molar-refractivity contribution in [3.8, 4) is 0 Å². The average molecular weight is 451 g/mol. The van der Waals surface area contributed by atoms with Crippen LogP contribution in [-0.2, 0) is 4.74 Å². The summed E-state index contributed by atoms with van der Waals surface area (Å²) in [5, 5.41) is 9.70. The lowest BCUT2D eigenvalue weighted by molar-refractivity contribution is 0.205. The van der Waals surface area contributed by atoms with Gasteiger partial charge in [0.2, 0.25) is 0 Å². The summed E-state index contributed by atoms with van der Waals surface area (Å²) in [5.74, 6) is 0. The molecule has 6 aromatic rings. The van der Waals surface area contributed by atoms with Gasteiger partial charge in [-0.05, 0) is 77.5 Å². The van der Waals surface area contributed by atoms with Gasteiger partial charge >= 0.3 is 0 Å². The van der Waals surface area contributed by atoms with Crippen molar-refractivity contribution in [3.05, 3.63) is 133 Å². The topological polar surface area (TPSA) is 9.23 Å². The number of rotatable bonds is 6. The van der Waals surface area contributed by atoms with Crippen LogP contribution in [0, 0.1) is 0 Å². The van der Waals surface area contributed by atoms with Crippen LogP contribution in [0.1, 0.15) is 11.1 Å². The van der Waals surface area contributed by atoms with Crippen molar-refractivity contribution in [3.63, 3.8) is 0 Å². The summed E-state index contributed by atoms with van der Waals surface area (Å²) in [6.45, 7) is 9.77. The molecule has 0 spiro atoms. The van der Waals surface area contributed by atoms with Gasteiger partial charge in [0.25, 0.3) is 0 Å². The molecule has 0 unspecified atom stereocenters. The van der Waals surface area contributed by atoms with Gasteiger partial charge in [-0.2, -0.15) is 0 Å². The Morgan fingerprint density at radius 1 is 0.457 bits per heavy atom. The number of hydrogen-bond donors (Lipinski definition) is 0. The molecule has 0 radical (unpaired) electrons. The lowest BCUT2D eigenvalue weighted by Crippen LogP contribution is -2.03. The smallest absolute Gasteiger partial charge is 0.0721 e. The maximum Gasteiger partial charge on any atom is 0.0721 e. The third kappa shape index (κ3) is 3.80. The molecule has 0 aliphatic heterocycles. The van der Waals surface area contributed by atoms with Crippen molar-refractivity contribution >= 4 is 54.2 Å². The van der Waals surface area contributed by atoms with Gasteiger partial charge in [0.1, 0.15) is 0 Å². The van der Waals surface area contributed by atoms with Crippen molar-refractivity contribution in [2.75, 3.05) is 13.2 Å². The molecule has 0 aromatic heterocycles. The normalized spacial score (nSPS) is 11.4. The Labute approximate surface area is 205 Å². The first kappa shape index (κ1) is 21.3. The zero-order chi connectivity index (χ0) is 23.8. The van der Waals surface area contributed by atoms with Crippen molar-refractivity contribution in [1.82, 2.24) is 0 Å². The Morgan fingerprint density at radius 2 is 0.743 bits per heavy atom. The number of fused-ring (bicyclic) bond motifs is 4. The number of benzene rings is 6. The summed E-state index contributed by atoms with van der Waals surface area (Å²) < 4.78 is 6.26. The summed E-state index contributed by atoms with van der Waals surface area (Å²) in [4.78, 5) is 0. The molecule has 0 aliphatic rings. The van der Waals surface area contributed by atoms with Gasteiger partial charge in [0.15, 0.2) is 0 Å². The largest absolute Gasteiger partial charge is 0.372 e. The fraction of sp³-hybridized carbons (Fsp3) is 0.0588. The SMILES string of the molecule is C=C(COCC(=C)c1c2ccccc2cc2ccccc12)c1c2ccccc2cc2ccccc12. The first-order chi connectivity index (χ1) is 17.2. The molecule has 35 heavy (non-hydrogen) atoms. The second-order valence-corrected chi connectivity index (χ2v) is 9.09. The molecule has 6 aromatic carbocycles. The van der Waals surface area contributed by atoms with E-state index in [4.69, 9.17) is 4.74 Å². The third-order valence-electron chi connectivity index (χ3n) is 6.80. The van der Waals surface area contributed by atoms with E-state index >= 15 is 0 Å². The fourth-order valence-electron chi connectivity index (χ4n) is 5.23. The summed E-state index contributed by atoms with van der Waals surface area (Å²) >= 11 is 0. The van der Waals surface area contributed by atoms with Crippen molar-refractivity contribution in [1.29, 1.82) is 0 Å². The summed E-state index contributed by atoms with van der Waals surface area (Å²) in [6, 6.07) is 38.5. The second-order valence-electron chi connectivity index (χ2n) is 9.09. The highest BCUT2D eigenvalue weighted by molar-refractivity contribution is 6.10. The highest BCUT2D eigenvalue weighted by Crippen LogP contribution is 2.35. The maximum atomic E-state index is 6.26. The van der Waals surface area contributed by atoms with Gasteiger partial charge in [-0.1, -0.05) is 110 Å². The van der Waals surface area contributed by atoms with E-state index in [2.05, 4.69) is 122 Å². The first-order valence-electron chi connectivity index (χ1n) is 12.0. The van der Waals surface area contributed by atoms with Crippen molar-refractivity contribution < 1.29 is 4.74 Å². The van der Waals surface area contributed by atoms with Gasteiger partial charge in [-0.15, -0.1) is 0 Å². The van der Waals surface area contributed by atoms with Crippen LogP contribution >= 0.6 is 0 Å². The van der Waals surface area contributed by atoms with E-state index in [1.165, 1.54) is 54.2 Å². The Morgan fingerprint density at radius 3 is 1.06 bits per heavy atom. The molecule has 0 heterocycles. The quantitative estimate of drug-likeness (QED) is 0.230. The zero-order valence-electron chi connectivity index (χ0n) is 19.6. The maximum absolute atomic E-state index is 6.26. The molecule has 0 bridgehead atoms. The van der Waals surface area contributed by atoms with Gasteiger partial charge < -0.3 is 4.74 Å². The molecular weight excluding hydrogens is 424 g/mol. The molecular formula is C34H26O. The minimum absolute atomic E-state index is 0.444. The van der Waals surface area contributed by atoms with E-state index in [9.17, 15) is 0 Å². The van der Waals surface area contributed by atoms with Crippen LogP contribution in [0.5, 0.6) is 0 Å². The Balaban J connectivity index is 1.31. The van der Waals surface area contributed by atoms with Gasteiger partial charge in [0, 0.05) is 0 Å². The third-order valence-corrected chi connectivity index (χ3v) is 6.80. The first-order valence-corrected chi connectivity index (χ1v) is 12.0. The average Bonchev–Trinajstić information content (AvgIpc) is 2.90. The van der Waals surface area contributed by atoms with E-state index in [1.807, 2.05) is 0 Å². The molecule has 6 rings (SSSR count). The van der Waals surface area contributed by atoms with Crippen LogP contribution in [0.25, 0.3) is 54.2 Å². The van der Waals surface area contributed by atoms with Crippen molar-refractivity contribution in [2.24, 2.45) is 0 Å². The van der Waals surface area contributed by atoms with Crippen LogP contribution in [0.15, 0.2) is 122 Å². The molecule has 168 valence electrons. The molecule has 0 fully saturated rings. The predicted octanol–water partition coefficient (Wildman–Crippen LogP) is 9.04. The summed E-state index contributed by atoms with van der Waals surface area (Å²) in [6.07, 6.45) is 0. The molecule has 0 aliphatic carbocycles. The Kier molecular flexibility index (Phi) is 5.41. The van der Waals surface area contributed by atoms with Crippen LogP contribution < -0.4 is 0 Å². The Hall–Kier alpha value is -4.20. The molecule has 0 saturated heterocycles. The second kappa shape index (κ2) is 8.87. The van der Waals surface area contributed by atoms with Gasteiger partial charge in [0.05, 0.1) is 13.2 Å². The fourth-order valence-corrected chi connectivity index (χ4v) is 5.23. The van der Waals surface area contributed by atoms with E-state index in [0.717, 1.165) is 11.1 Å². The molecule has 0 saturated carbocycles. The standard InChI is InChI=1S/C34H26O/c1-23(33-29-15-7-3-11-25(29)19-26-12-4-8-16-30(26)33)21-35-22-24(2)34-31-17-9-5-13-27(31)20-28-14-6-10-18-32(28)34/h3-20H,1-2,21-22H2. The highest BCUT2D eigenvalue weighted by atomic mass is 16.5. The van der Waals surface area contributed by atoms with Gasteiger partial charge in [-0.3, -0.25) is 0 Å². The molecule has 1 heteroatoms. The number of ether oxygens (including phenoxy) is 1. The summed E-state index contributed by atoms with van der Waals surface area (Å²) in [7, 11) is 0. The summed E-state index contributed by atoms with van der Waals surface area (Å²) in [5.41, 5.74) is 4.29. The van der Waals surface area contributed by atoms with E-state index in [-0.39, 0.29) is 0 Å². The van der Waals surface area contributed by atoms with Crippen LogP contribution in [-0.4, -0.2) is 13.2 Å². The van der Waals surface area contributed by atoms with Crippen LogP contribution in [0.2, 0.25) is 0 Å². The highest BCUT2D eigenvalue weighted by Gasteiger charge is 2.13. The van der Waals surface area contributed by atoms with Crippen LogP contribution in [0.3, 0.4) is 0 Å². The number of hydrogen-bond acceptors (Lipinski definition) is 1. The minimum Gasteiger partial charge on any atom is -0.372 e. The molecule has 0 atom stereocenters. The zero-order valence-corrected chi connectivity index (χ0v) is 19.6. The predicted molar refractivity (Wildman–Crippen MR) is 152 cm³/mol. The van der Waals surface area contributed by atoms with E-state index in [0.29, 0.717) is 13.2 Å². The van der Waals surface area contributed by atoms with Gasteiger partial charge in [-0.25, -0.2) is 0 Å². The monoisotopic (exact) mass is 450 g/mol. The molecule has 0 N–H and O–H groups in total. The van der Waals surface area contributed by atoms with E-state index in [1.54, 1.807) is 0 Å². The lowest BCUT2D eigenvalue weighted by atomic mass is 9.92. The van der Waals surface area contributed by atoms with Crippen molar-refractivity contribution in [2.45, 2.75) is 0 Å². The minimum atomic E-state index is 0.444. The van der Waals surface area contributed by atoms with E-state index < -0.39 is 0 Å². The Bertz CT molecular complexity index is 1520. The lowest BCUT2D eigenvalue weighted by Gasteiger charge is -2.16.